The number of ether oxygens (including phenoxy) is 2. The molecular formula is C10H13BrN2O2. The lowest BCUT2D eigenvalue weighted by atomic mass is 10.0. The zero-order chi connectivity index (χ0) is 10.8. The van der Waals surface area contributed by atoms with Gasteiger partial charge in [-0.3, -0.25) is 0 Å². The molecule has 1 aromatic carbocycles. The van der Waals surface area contributed by atoms with Crippen LogP contribution in [0, 0.1) is 0 Å². The summed E-state index contributed by atoms with van der Waals surface area (Å²) in [5.41, 5.74) is 12.5. The molecule has 0 amide bonds. The molecule has 82 valence electrons. The summed E-state index contributed by atoms with van der Waals surface area (Å²) in [7, 11) is 0. The van der Waals surface area contributed by atoms with E-state index in [2.05, 4.69) is 15.9 Å². The lowest BCUT2D eigenvalue weighted by Gasteiger charge is -2.13. The number of benzene rings is 1. The van der Waals surface area contributed by atoms with Crippen LogP contribution in [0.4, 0.5) is 0 Å². The first-order valence-electron chi connectivity index (χ1n) is 4.77. The number of rotatable bonds is 3. The first-order chi connectivity index (χ1) is 7.22. The number of halogens is 1. The van der Waals surface area contributed by atoms with Crippen molar-refractivity contribution in [3.05, 3.63) is 22.2 Å². The third-order valence-electron chi connectivity index (χ3n) is 2.37. The summed E-state index contributed by atoms with van der Waals surface area (Å²) in [6, 6.07) is 3.72. The Labute approximate surface area is 96.7 Å². The third kappa shape index (κ3) is 2.09. The molecule has 1 heterocycles. The monoisotopic (exact) mass is 272 g/mol. The fraction of sp³-hybridized carbons (Fsp3) is 0.400. The second kappa shape index (κ2) is 4.38. The highest BCUT2D eigenvalue weighted by molar-refractivity contribution is 9.10. The van der Waals surface area contributed by atoms with Gasteiger partial charge in [0.05, 0.1) is 0 Å². The van der Waals surface area contributed by atoms with Crippen molar-refractivity contribution in [3.8, 4) is 11.5 Å². The van der Waals surface area contributed by atoms with Crippen molar-refractivity contribution < 1.29 is 9.47 Å². The maximum atomic E-state index is 5.99. The maximum Gasteiger partial charge on any atom is 0.231 e. The Morgan fingerprint density at radius 2 is 2.00 bits per heavy atom. The first-order valence-corrected chi connectivity index (χ1v) is 5.56. The van der Waals surface area contributed by atoms with Crippen LogP contribution in [0.15, 0.2) is 16.6 Å². The van der Waals surface area contributed by atoms with E-state index in [0.29, 0.717) is 6.54 Å². The van der Waals surface area contributed by atoms with Gasteiger partial charge in [0.15, 0.2) is 11.5 Å². The van der Waals surface area contributed by atoms with E-state index in [1.54, 1.807) is 0 Å². The first kappa shape index (κ1) is 10.7. The molecule has 4 N–H and O–H groups in total. The zero-order valence-electron chi connectivity index (χ0n) is 8.20. The molecule has 0 saturated carbocycles. The topological polar surface area (TPSA) is 70.5 Å². The van der Waals surface area contributed by atoms with Gasteiger partial charge < -0.3 is 20.9 Å². The third-order valence-corrected chi connectivity index (χ3v) is 3.06. The van der Waals surface area contributed by atoms with Crippen molar-refractivity contribution in [2.24, 2.45) is 11.5 Å². The van der Waals surface area contributed by atoms with Gasteiger partial charge in [0.25, 0.3) is 0 Å². The fourth-order valence-electron chi connectivity index (χ4n) is 1.55. The molecule has 1 atom stereocenters. The van der Waals surface area contributed by atoms with Crippen molar-refractivity contribution in [2.75, 3.05) is 13.3 Å². The summed E-state index contributed by atoms with van der Waals surface area (Å²) in [4.78, 5) is 0. The highest BCUT2D eigenvalue weighted by Gasteiger charge is 2.18. The Morgan fingerprint density at radius 1 is 1.33 bits per heavy atom. The van der Waals surface area contributed by atoms with Gasteiger partial charge in [0, 0.05) is 10.5 Å². The van der Waals surface area contributed by atoms with E-state index in [1.807, 2.05) is 12.1 Å². The van der Waals surface area contributed by atoms with Gasteiger partial charge in [0.2, 0.25) is 6.79 Å². The highest BCUT2D eigenvalue weighted by atomic mass is 79.9. The lowest BCUT2D eigenvalue weighted by molar-refractivity contribution is 0.174. The molecular weight excluding hydrogens is 260 g/mol. The molecule has 2 rings (SSSR count). The van der Waals surface area contributed by atoms with E-state index in [0.717, 1.165) is 28.0 Å². The SMILES string of the molecule is NCC[C@H](N)c1cc2c(cc1Br)OCO2. The van der Waals surface area contributed by atoms with Gasteiger partial charge in [-0.15, -0.1) is 0 Å². The van der Waals surface area contributed by atoms with Crippen LogP contribution in [0.3, 0.4) is 0 Å². The van der Waals surface area contributed by atoms with Crippen LogP contribution in [0.1, 0.15) is 18.0 Å². The summed E-state index contributed by atoms with van der Waals surface area (Å²) in [6.07, 6.45) is 0.748. The second-order valence-electron chi connectivity index (χ2n) is 3.41. The van der Waals surface area contributed by atoms with Crippen molar-refractivity contribution >= 4 is 15.9 Å². The molecule has 0 aliphatic carbocycles. The van der Waals surface area contributed by atoms with Crippen molar-refractivity contribution in [1.29, 1.82) is 0 Å². The molecule has 0 unspecified atom stereocenters. The molecule has 0 fully saturated rings. The molecule has 1 aliphatic heterocycles. The van der Waals surface area contributed by atoms with Crippen LogP contribution < -0.4 is 20.9 Å². The standard InChI is InChI=1S/C10H13BrN2O2/c11-7-4-10-9(14-5-15-10)3-6(7)8(13)1-2-12/h3-4,8H,1-2,5,12-13H2/t8-/m0/s1. The Bertz CT molecular complexity index is 371. The second-order valence-corrected chi connectivity index (χ2v) is 4.27. The molecule has 0 radical (unpaired) electrons. The predicted molar refractivity (Wildman–Crippen MR) is 60.9 cm³/mol. The smallest absolute Gasteiger partial charge is 0.231 e. The summed E-state index contributed by atoms with van der Waals surface area (Å²) < 4.78 is 11.5. The van der Waals surface area contributed by atoms with E-state index in [9.17, 15) is 0 Å². The van der Waals surface area contributed by atoms with Crippen LogP contribution in [-0.4, -0.2) is 13.3 Å². The molecule has 15 heavy (non-hydrogen) atoms. The van der Waals surface area contributed by atoms with Crippen molar-refractivity contribution in [2.45, 2.75) is 12.5 Å². The quantitative estimate of drug-likeness (QED) is 0.876. The summed E-state index contributed by atoms with van der Waals surface area (Å²) in [5.74, 6) is 1.51. The molecule has 1 aromatic rings. The average molecular weight is 273 g/mol. The highest BCUT2D eigenvalue weighted by Crippen LogP contribution is 2.38. The minimum atomic E-state index is -0.0705. The van der Waals surface area contributed by atoms with Crippen LogP contribution in [0.2, 0.25) is 0 Å². The van der Waals surface area contributed by atoms with Gasteiger partial charge in [-0.2, -0.15) is 0 Å². The van der Waals surface area contributed by atoms with E-state index in [-0.39, 0.29) is 12.8 Å². The summed E-state index contributed by atoms with van der Waals surface area (Å²) >= 11 is 3.46. The molecule has 0 spiro atoms. The summed E-state index contributed by atoms with van der Waals surface area (Å²) in [5, 5.41) is 0. The largest absolute Gasteiger partial charge is 0.454 e. The Balaban J connectivity index is 2.31. The van der Waals surface area contributed by atoms with E-state index >= 15 is 0 Å². The number of hydrogen-bond acceptors (Lipinski definition) is 4. The van der Waals surface area contributed by atoms with Gasteiger partial charge in [-0.1, -0.05) is 15.9 Å². The minimum absolute atomic E-state index is 0.0705. The van der Waals surface area contributed by atoms with Crippen molar-refractivity contribution in [1.82, 2.24) is 0 Å². The van der Waals surface area contributed by atoms with E-state index in [1.165, 1.54) is 0 Å². The van der Waals surface area contributed by atoms with Crippen LogP contribution in [0.5, 0.6) is 11.5 Å². The van der Waals surface area contributed by atoms with Crippen LogP contribution in [0.25, 0.3) is 0 Å². The lowest BCUT2D eigenvalue weighted by Crippen LogP contribution is -2.15. The maximum absolute atomic E-state index is 5.99. The number of hydrogen-bond donors (Lipinski definition) is 2. The average Bonchev–Trinajstić information content (AvgIpc) is 2.63. The van der Waals surface area contributed by atoms with Crippen LogP contribution in [-0.2, 0) is 0 Å². The molecule has 0 bridgehead atoms. The fourth-order valence-corrected chi connectivity index (χ4v) is 2.17. The molecule has 0 saturated heterocycles. The Kier molecular flexibility index (Phi) is 3.14. The summed E-state index contributed by atoms with van der Waals surface area (Å²) in [6.45, 7) is 0.847. The van der Waals surface area contributed by atoms with Gasteiger partial charge >= 0.3 is 0 Å². The molecule has 5 heteroatoms. The molecule has 1 aliphatic rings. The Morgan fingerprint density at radius 3 is 2.67 bits per heavy atom. The number of nitrogens with two attached hydrogens (primary N) is 2. The predicted octanol–water partition coefficient (Wildman–Crippen LogP) is 1.53. The van der Waals surface area contributed by atoms with Gasteiger partial charge in [-0.25, -0.2) is 0 Å². The molecule has 4 nitrogen and oxygen atoms in total. The zero-order valence-corrected chi connectivity index (χ0v) is 9.79. The Hall–Kier alpha value is -0.780. The van der Waals surface area contributed by atoms with Crippen molar-refractivity contribution in [3.63, 3.8) is 0 Å². The normalized spacial score (nSPS) is 15.4. The van der Waals surface area contributed by atoms with Crippen LogP contribution >= 0.6 is 15.9 Å². The van der Waals surface area contributed by atoms with Gasteiger partial charge in [-0.05, 0) is 30.7 Å². The molecule has 0 aromatic heterocycles. The number of fused-ring (bicyclic) bond motifs is 1. The van der Waals surface area contributed by atoms with E-state index in [4.69, 9.17) is 20.9 Å². The van der Waals surface area contributed by atoms with E-state index < -0.39 is 0 Å². The minimum Gasteiger partial charge on any atom is -0.454 e. The van der Waals surface area contributed by atoms with Gasteiger partial charge in [0.1, 0.15) is 0 Å².